The first-order valence-electron chi connectivity index (χ1n) is 7.66. The van der Waals surface area contributed by atoms with Gasteiger partial charge in [-0.1, -0.05) is 33.8 Å². The van der Waals surface area contributed by atoms with Crippen LogP contribution in [0.25, 0.3) is 0 Å². The molecule has 5 heteroatoms. The second kappa shape index (κ2) is 7.92. The monoisotopic (exact) mass is 312 g/mol. The van der Waals surface area contributed by atoms with Gasteiger partial charge in [0.05, 0.1) is 4.90 Å². The molecule has 0 aliphatic carbocycles. The van der Waals surface area contributed by atoms with E-state index in [9.17, 15) is 8.42 Å². The van der Waals surface area contributed by atoms with Crippen molar-refractivity contribution in [2.75, 3.05) is 6.54 Å². The lowest BCUT2D eigenvalue weighted by Crippen LogP contribution is -2.36. The summed E-state index contributed by atoms with van der Waals surface area (Å²) in [5, 5.41) is 3.26. The average Bonchev–Trinajstić information content (AvgIpc) is 2.44. The first kappa shape index (κ1) is 18.1. The molecule has 0 spiro atoms. The van der Waals surface area contributed by atoms with Crippen LogP contribution in [0.5, 0.6) is 0 Å². The summed E-state index contributed by atoms with van der Waals surface area (Å²) < 4.78 is 27.6. The van der Waals surface area contributed by atoms with Gasteiger partial charge in [0.25, 0.3) is 0 Å². The molecule has 0 heterocycles. The molecule has 0 fully saturated rings. The largest absolute Gasteiger partial charge is 0.313 e. The number of hydrogen-bond acceptors (Lipinski definition) is 3. The number of nitrogens with one attached hydrogen (secondary N) is 2. The maximum atomic E-state index is 12.4. The van der Waals surface area contributed by atoms with Gasteiger partial charge in [-0.2, -0.15) is 0 Å². The normalized spacial score (nSPS) is 13.6. The number of benzene rings is 1. The van der Waals surface area contributed by atoms with E-state index in [1.54, 1.807) is 12.1 Å². The topological polar surface area (TPSA) is 58.2 Å². The highest BCUT2D eigenvalue weighted by atomic mass is 32.2. The Hall–Kier alpha value is -0.910. The third kappa shape index (κ3) is 5.09. The van der Waals surface area contributed by atoms with E-state index in [2.05, 4.69) is 17.0 Å². The molecule has 1 aromatic rings. The Morgan fingerprint density at radius 3 is 2.29 bits per heavy atom. The van der Waals surface area contributed by atoms with Crippen molar-refractivity contribution in [3.8, 4) is 0 Å². The van der Waals surface area contributed by atoms with Crippen molar-refractivity contribution in [2.45, 2.75) is 58.5 Å². The fraction of sp³-hybridized carbons (Fsp3) is 0.625. The van der Waals surface area contributed by atoms with Gasteiger partial charge in [0.15, 0.2) is 0 Å². The fourth-order valence-electron chi connectivity index (χ4n) is 1.99. The number of rotatable bonds is 8. The Labute approximate surface area is 129 Å². The summed E-state index contributed by atoms with van der Waals surface area (Å²) >= 11 is 0. The van der Waals surface area contributed by atoms with Crippen LogP contribution in [-0.4, -0.2) is 21.0 Å². The molecule has 120 valence electrons. The maximum Gasteiger partial charge on any atom is 0.240 e. The van der Waals surface area contributed by atoms with E-state index in [1.165, 1.54) is 5.56 Å². The zero-order valence-electron chi connectivity index (χ0n) is 13.7. The lowest BCUT2D eigenvalue weighted by Gasteiger charge is -2.18. The van der Waals surface area contributed by atoms with Crippen molar-refractivity contribution in [3.05, 3.63) is 29.3 Å². The zero-order chi connectivity index (χ0) is 16.0. The first-order valence-corrected chi connectivity index (χ1v) is 9.15. The van der Waals surface area contributed by atoms with E-state index >= 15 is 0 Å². The van der Waals surface area contributed by atoms with E-state index < -0.39 is 10.0 Å². The van der Waals surface area contributed by atoms with Gasteiger partial charge < -0.3 is 5.32 Å². The van der Waals surface area contributed by atoms with Crippen molar-refractivity contribution < 1.29 is 8.42 Å². The molecule has 0 aliphatic rings. The number of sulfonamides is 1. The Morgan fingerprint density at radius 2 is 1.76 bits per heavy atom. The van der Waals surface area contributed by atoms with Crippen LogP contribution in [0.1, 0.15) is 45.7 Å². The summed E-state index contributed by atoms with van der Waals surface area (Å²) in [4.78, 5) is 0.347. The van der Waals surface area contributed by atoms with Gasteiger partial charge >= 0.3 is 0 Å². The van der Waals surface area contributed by atoms with Crippen molar-refractivity contribution in [1.29, 1.82) is 0 Å². The lowest BCUT2D eigenvalue weighted by molar-refractivity contribution is 0.476. The van der Waals surface area contributed by atoms with E-state index in [0.29, 0.717) is 11.4 Å². The molecule has 0 aromatic heterocycles. The summed E-state index contributed by atoms with van der Waals surface area (Å²) in [6.45, 7) is 11.6. The number of aryl methyl sites for hydroxylation is 1. The third-order valence-electron chi connectivity index (χ3n) is 3.78. The first-order chi connectivity index (χ1) is 9.81. The van der Waals surface area contributed by atoms with Crippen LogP contribution in [0.3, 0.4) is 0 Å². The second-order valence-corrected chi connectivity index (χ2v) is 7.43. The Bertz CT molecular complexity index is 553. The minimum absolute atomic E-state index is 0.0851. The molecule has 1 unspecified atom stereocenters. The molecule has 1 rings (SSSR count). The quantitative estimate of drug-likeness (QED) is 0.776. The van der Waals surface area contributed by atoms with Gasteiger partial charge in [-0.05, 0) is 49.1 Å². The lowest BCUT2D eigenvalue weighted by atomic mass is 10.1. The highest BCUT2D eigenvalue weighted by Crippen LogP contribution is 2.18. The molecule has 2 N–H and O–H groups in total. The molecule has 1 aromatic carbocycles. The van der Waals surface area contributed by atoms with Crippen molar-refractivity contribution in [1.82, 2.24) is 10.0 Å². The molecule has 0 bridgehead atoms. The highest BCUT2D eigenvalue weighted by Gasteiger charge is 2.20. The van der Waals surface area contributed by atoms with Gasteiger partial charge in [-0.3, -0.25) is 0 Å². The molecular weight excluding hydrogens is 284 g/mol. The molecule has 0 radical (unpaired) electrons. The molecule has 0 aliphatic heterocycles. The van der Waals surface area contributed by atoms with E-state index in [1.807, 2.05) is 33.8 Å². The summed E-state index contributed by atoms with van der Waals surface area (Å²) in [7, 11) is -3.45. The van der Waals surface area contributed by atoms with Gasteiger partial charge in [0.1, 0.15) is 0 Å². The zero-order valence-corrected chi connectivity index (χ0v) is 14.5. The van der Waals surface area contributed by atoms with Gasteiger partial charge in [0, 0.05) is 12.6 Å². The summed E-state index contributed by atoms with van der Waals surface area (Å²) in [6, 6.07) is 5.32. The third-order valence-corrected chi connectivity index (χ3v) is 5.33. The van der Waals surface area contributed by atoms with E-state index in [-0.39, 0.29) is 12.0 Å². The van der Waals surface area contributed by atoms with Crippen molar-refractivity contribution >= 4 is 10.0 Å². The fourth-order valence-corrected chi connectivity index (χ4v) is 3.43. The number of hydrogen-bond donors (Lipinski definition) is 2. The smallest absolute Gasteiger partial charge is 0.240 e. The van der Waals surface area contributed by atoms with E-state index in [0.717, 1.165) is 18.5 Å². The highest BCUT2D eigenvalue weighted by molar-refractivity contribution is 7.89. The van der Waals surface area contributed by atoms with Crippen molar-refractivity contribution in [3.63, 3.8) is 0 Å². The van der Waals surface area contributed by atoms with Crippen LogP contribution in [-0.2, 0) is 23.0 Å². The molecular formula is C16H28N2O2S. The van der Waals surface area contributed by atoms with Crippen LogP contribution in [0.2, 0.25) is 0 Å². The minimum atomic E-state index is -3.45. The molecule has 1 atom stereocenters. The van der Waals surface area contributed by atoms with Crippen molar-refractivity contribution in [2.24, 2.45) is 5.92 Å². The summed E-state index contributed by atoms with van der Waals surface area (Å²) in [5.74, 6) is 0.260. The van der Waals surface area contributed by atoms with Crippen LogP contribution in [0.4, 0.5) is 0 Å². The molecule has 0 saturated carbocycles. The van der Waals surface area contributed by atoms with Crippen LogP contribution in [0.15, 0.2) is 23.1 Å². The minimum Gasteiger partial charge on any atom is -0.313 e. The molecule has 0 amide bonds. The summed E-state index contributed by atoms with van der Waals surface area (Å²) in [6.07, 6.45) is 0.900. The predicted octanol–water partition coefficient (Wildman–Crippen LogP) is 2.68. The standard InChI is InChI=1S/C16H28N2O2S/c1-6-14-8-9-16(10-15(14)11-17-7-2)21(19,20)18-13(5)12(3)4/h8-10,12-13,17-18H,6-7,11H2,1-5H3. The Balaban J connectivity index is 3.06. The molecule has 4 nitrogen and oxygen atoms in total. The van der Waals surface area contributed by atoms with Gasteiger partial charge in [-0.25, -0.2) is 13.1 Å². The van der Waals surface area contributed by atoms with Gasteiger partial charge in [0.2, 0.25) is 10.0 Å². The predicted molar refractivity (Wildman–Crippen MR) is 87.8 cm³/mol. The van der Waals surface area contributed by atoms with Gasteiger partial charge in [-0.15, -0.1) is 0 Å². The summed E-state index contributed by atoms with van der Waals surface area (Å²) in [5.41, 5.74) is 2.24. The molecule has 0 saturated heterocycles. The Morgan fingerprint density at radius 1 is 1.10 bits per heavy atom. The molecule has 21 heavy (non-hydrogen) atoms. The second-order valence-electron chi connectivity index (χ2n) is 5.72. The maximum absolute atomic E-state index is 12.4. The van der Waals surface area contributed by atoms with Crippen LogP contribution in [0, 0.1) is 5.92 Å². The SMILES string of the molecule is CCNCc1cc(S(=O)(=O)NC(C)C(C)C)ccc1CC. The Kier molecular flexibility index (Phi) is 6.84. The van der Waals surface area contributed by atoms with Crippen LogP contribution < -0.4 is 10.0 Å². The van der Waals surface area contributed by atoms with Crippen LogP contribution >= 0.6 is 0 Å². The average molecular weight is 312 g/mol. The van der Waals surface area contributed by atoms with E-state index in [4.69, 9.17) is 0 Å².